The van der Waals surface area contributed by atoms with Crippen LogP contribution in [0.2, 0.25) is 5.02 Å². The molecule has 0 bridgehead atoms. The zero-order chi connectivity index (χ0) is 23.1. The molecule has 32 heavy (non-hydrogen) atoms. The van der Waals surface area contributed by atoms with E-state index in [2.05, 4.69) is 13.8 Å². The normalized spacial score (nSPS) is 12.8. The molecule has 166 valence electrons. The Bertz CT molecular complexity index is 1040. The molecule has 0 unspecified atom stereocenters. The topological polar surface area (TPSA) is 52.6 Å². The van der Waals surface area contributed by atoms with Gasteiger partial charge in [-0.25, -0.2) is 4.79 Å². The molecule has 0 fully saturated rings. The SMILES string of the molecule is CC(C)Cc1ccc([C@@H](C)C(=O)O[C@@H](OC(=O)c2cccc(Cl)c2)c2ccccc2)cc1. The van der Waals surface area contributed by atoms with E-state index in [4.69, 9.17) is 21.1 Å². The van der Waals surface area contributed by atoms with Crippen molar-refractivity contribution in [3.8, 4) is 0 Å². The number of rotatable bonds is 8. The molecule has 3 rings (SSSR count). The van der Waals surface area contributed by atoms with E-state index < -0.39 is 24.1 Å². The zero-order valence-corrected chi connectivity index (χ0v) is 19.2. The summed E-state index contributed by atoms with van der Waals surface area (Å²) in [6.07, 6.45) is -0.188. The van der Waals surface area contributed by atoms with Crippen molar-refractivity contribution < 1.29 is 19.1 Å². The van der Waals surface area contributed by atoms with Crippen LogP contribution >= 0.6 is 11.6 Å². The number of ether oxygens (including phenoxy) is 2. The van der Waals surface area contributed by atoms with E-state index in [1.807, 2.05) is 30.3 Å². The van der Waals surface area contributed by atoms with Crippen LogP contribution in [0.25, 0.3) is 0 Å². The van der Waals surface area contributed by atoms with E-state index in [1.165, 1.54) is 11.6 Å². The van der Waals surface area contributed by atoms with Crippen molar-refractivity contribution in [3.63, 3.8) is 0 Å². The quantitative estimate of drug-likeness (QED) is 0.281. The molecule has 0 spiro atoms. The Hall–Kier alpha value is -3.11. The van der Waals surface area contributed by atoms with E-state index in [9.17, 15) is 9.59 Å². The maximum atomic E-state index is 12.9. The lowest BCUT2D eigenvalue weighted by Crippen LogP contribution is -2.21. The van der Waals surface area contributed by atoms with Crippen molar-refractivity contribution >= 4 is 23.5 Å². The Kier molecular flexibility index (Phi) is 8.07. The second-order valence-electron chi connectivity index (χ2n) is 8.16. The van der Waals surface area contributed by atoms with Crippen LogP contribution in [0, 0.1) is 5.92 Å². The van der Waals surface area contributed by atoms with Crippen molar-refractivity contribution in [2.75, 3.05) is 0 Å². The summed E-state index contributed by atoms with van der Waals surface area (Å²) < 4.78 is 11.2. The third-order valence-electron chi connectivity index (χ3n) is 5.05. The monoisotopic (exact) mass is 450 g/mol. The predicted molar refractivity (Wildman–Crippen MR) is 126 cm³/mol. The number of carbonyl (C=O) groups excluding carboxylic acids is 2. The van der Waals surface area contributed by atoms with Gasteiger partial charge in [-0.05, 0) is 48.6 Å². The van der Waals surface area contributed by atoms with Crippen LogP contribution < -0.4 is 0 Å². The Morgan fingerprint density at radius 3 is 2.12 bits per heavy atom. The van der Waals surface area contributed by atoms with Gasteiger partial charge in [0.2, 0.25) is 0 Å². The molecule has 3 aromatic carbocycles. The standard InChI is InChI=1S/C27H27ClO4/c1-18(2)16-20-12-14-21(15-13-20)19(3)25(29)31-27(22-8-5-4-6-9-22)32-26(30)23-10-7-11-24(28)17-23/h4-15,17-19,27H,16H2,1-3H3/t19-,27+/m1/s1. The summed E-state index contributed by atoms with van der Waals surface area (Å²) >= 11 is 5.98. The fraction of sp³-hybridized carbons (Fsp3) is 0.259. The van der Waals surface area contributed by atoms with E-state index in [0.717, 1.165) is 12.0 Å². The highest BCUT2D eigenvalue weighted by molar-refractivity contribution is 6.30. The molecule has 5 heteroatoms. The molecule has 4 nitrogen and oxygen atoms in total. The molecule has 0 saturated carbocycles. The number of hydrogen-bond donors (Lipinski definition) is 0. The number of benzene rings is 3. The van der Waals surface area contributed by atoms with Gasteiger partial charge in [0.1, 0.15) is 0 Å². The molecule has 0 aliphatic heterocycles. The number of esters is 2. The Morgan fingerprint density at radius 1 is 0.812 bits per heavy atom. The van der Waals surface area contributed by atoms with Gasteiger partial charge in [-0.2, -0.15) is 0 Å². The van der Waals surface area contributed by atoms with Gasteiger partial charge in [-0.1, -0.05) is 86.1 Å². The molecule has 0 radical (unpaired) electrons. The molecule has 0 heterocycles. The minimum Gasteiger partial charge on any atom is -0.420 e. The first-order valence-electron chi connectivity index (χ1n) is 10.6. The maximum absolute atomic E-state index is 12.9. The first kappa shape index (κ1) is 23.6. The highest BCUT2D eigenvalue weighted by Gasteiger charge is 2.26. The fourth-order valence-corrected chi connectivity index (χ4v) is 3.50. The Morgan fingerprint density at radius 2 is 1.50 bits per heavy atom. The molecule has 0 aromatic heterocycles. The van der Waals surface area contributed by atoms with Crippen LogP contribution in [0.15, 0.2) is 78.9 Å². The summed E-state index contributed by atoms with van der Waals surface area (Å²) in [5, 5.41) is 0.419. The highest BCUT2D eigenvalue weighted by atomic mass is 35.5. The maximum Gasteiger partial charge on any atom is 0.341 e. The van der Waals surface area contributed by atoms with Gasteiger partial charge in [0.25, 0.3) is 6.29 Å². The Labute approximate surface area is 194 Å². The van der Waals surface area contributed by atoms with E-state index >= 15 is 0 Å². The second kappa shape index (κ2) is 11.0. The average molecular weight is 451 g/mol. The minimum absolute atomic E-state index is 0.281. The van der Waals surface area contributed by atoms with Crippen molar-refractivity contribution in [1.82, 2.24) is 0 Å². The molecule has 0 aliphatic rings. The van der Waals surface area contributed by atoms with Gasteiger partial charge in [0.05, 0.1) is 11.5 Å². The zero-order valence-electron chi connectivity index (χ0n) is 18.5. The lowest BCUT2D eigenvalue weighted by atomic mass is 9.97. The molecule has 0 saturated heterocycles. The Balaban J connectivity index is 1.75. The number of halogens is 1. The van der Waals surface area contributed by atoms with Crippen LogP contribution in [0.5, 0.6) is 0 Å². The molecular formula is C27H27ClO4. The highest BCUT2D eigenvalue weighted by Crippen LogP contribution is 2.26. The lowest BCUT2D eigenvalue weighted by molar-refractivity contribution is -0.171. The van der Waals surface area contributed by atoms with Gasteiger partial charge >= 0.3 is 11.9 Å². The molecule has 0 aliphatic carbocycles. The smallest absolute Gasteiger partial charge is 0.341 e. The summed E-state index contributed by atoms with van der Waals surface area (Å²) in [4.78, 5) is 25.6. The number of hydrogen-bond acceptors (Lipinski definition) is 4. The van der Waals surface area contributed by atoms with Crippen LogP contribution in [-0.2, 0) is 20.7 Å². The summed E-state index contributed by atoms with van der Waals surface area (Å²) in [6.45, 7) is 6.12. The molecule has 0 amide bonds. The van der Waals surface area contributed by atoms with Gasteiger partial charge in [0.15, 0.2) is 0 Å². The first-order chi connectivity index (χ1) is 15.3. The van der Waals surface area contributed by atoms with Crippen LogP contribution in [0.1, 0.15) is 60.0 Å². The third-order valence-corrected chi connectivity index (χ3v) is 5.28. The van der Waals surface area contributed by atoms with E-state index in [-0.39, 0.29) is 5.56 Å². The van der Waals surface area contributed by atoms with Crippen LogP contribution in [-0.4, -0.2) is 11.9 Å². The predicted octanol–water partition coefficient (Wildman–Crippen LogP) is 6.74. The molecule has 3 aromatic rings. The third kappa shape index (κ3) is 6.44. The van der Waals surface area contributed by atoms with Crippen LogP contribution in [0.4, 0.5) is 0 Å². The van der Waals surface area contributed by atoms with Crippen molar-refractivity contribution in [2.24, 2.45) is 5.92 Å². The van der Waals surface area contributed by atoms with Crippen molar-refractivity contribution in [2.45, 2.75) is 39.4 Å². The van der Waals surface area contributed by atoms with Gasteiger partial charge in [-0.3, -0.25) is 4.79 Å². The first-order valence-corrected chi connectivity index (χ1v) is 11.0. The van der Waals surface area contributed by atoms with Gasteiger partial charge < -0.3 is 9.47 Å². The summed E-state index contributed by atoms with van der Waals surface area (Å²) in [7, 11) is 0. The summed E-state index contributed by atoms with van der Waals surface area (Å²) in [6, 6.07) is 23.3. The van der Waals surface area contributed by atoms with E-state index in [1.54, 1.807) is 49.4 Å². The number of carbonyl (C=O) groups is 2. The molecular weight excluding hydrogens is 424 g/mol. The lowest BCUT2D eigenvalue weighted by Gasteiger charge is -2.21. The minimum atomic E-state index is -1.17. The second-order valence-corrected chi connectivity index (χ2v) is 8.59. The largest absolute Gasteiger partial charge is 0.420 e. The summed E-state index contributed by atoms with van der Waals surface area (Å²) in [5.41, 5.74) is 2.91. The van der Waals surface area contributed by atoms with Crippen molar-refractivity contribution in [3.05, 3.63) is 106 Å². The average Bonchev–Trinajstić information content (AvgIpc) is 2.78. The van der Waals surface area contributed by atoms with E-state index in [0.29, 0.717) is 16.5 Å². The van der Waals surface area contributed by atoms with Crippen molar-refractivity contribution in [1.29, 1.82) is 0 Å². The van der Waals surface area contributed by atoms with Crippen LogP contribution in [0.3, 0.4) is 0 Å². The molecule has 2 atom stereocenters. The molecule has 0 N–H and O–H groups in total. The fourth-order valence-electron chi connectivity index (χ4n) is 3.31. The van der Waals surface area contributed by atoms with Gasteiger partial charge in [0, 0.05) is 10.6 Å². The van der Waals surface area contributed by atoms with Gasteiger partial charge in [-0.15, -0.1) is 0 Å². The summed E-state index contributed by atoms with van der Waals surface area (Å²) in [5.74, 6) is -1.06.